The number of benzene rings is 2. The molecule has 0 bridgehead atoms. The molecule has 1 aliphatic heterocycles. The maximum atomic E-state index is 12.3. The number of methoxy groups -OCH3 is 3. The number of hydrogen-bond acceptors (Lipinski definition) is 8. The van der Waals surface area contributed by atoms with Crippen LogP contribution in [0.4, 0.5) is 5.69 Å². The van der Waals surface area contributed by atoms with Crippen LogP contribution in [0.3, 0.4) is 0 Å². The third-order valence-corrected chi connectivity index (χ3v) is 4.36. The van der Waals surface area contributed by atoms with Crippen molar-refractivity contribution in [1.29, 1.82) is 0 Å². The number of hydrogen-bond donors (Lipinski definition) is 0. The summed E-state index contributed by atoms with van der Waals surface area (Å²) >= 11 is 5.81. The SMILES string of the molecule is COc1cc(OC)c(OC)cc1/C=C1\N=C(c2ccc(Cl)c([N+](=O)[O-])c2)OC1=O. The zero-order valence-corrected chi connectivity index (χ0v) is 16.4. The fourth-order valence-corrected chi connectivity index (χ4v) is 2.82. The molecule has 0 N–H and O–H groups in total. The first kappa shape index (κ1) is 20.2. The number of rotatable bonds is 6. The van der Waals surface area contributed by atoms with Gasteiger partial charge in [0.05, 0.1) is 26.3 Å². The van der Waals surface area contributed by atoms with Gasteiger partial charge in [-0.1, -0.05) is 11.6 Å². The summed E-state index contributed by atoms with van der Waals surface area (Å²) in [6, 6.07) is 7.23. The smallest absolute Gasteiger partial charge is 0.363 e. The summed E-state index contributed by atoms with van der Waals surface area (Å²) in [7, 11) is 4.44. The molecule has 0 radical (unpaired) electrons. The van der Waals surface area contributed by atoms with E-state index in [1.165, 1.54) is 45.6 Å². The van der Waals surface area contributed by atoms with Gasteiger partial charge in [-0.25, -0.2) is 9.79 Å². The van der Waals surface area contributed by atoms with Crippen molar-refractivity contribution in [1.82, 2.24) is 0 Å². The minimum atomic E-state index is -0.713. The Bertz CT molecular complexity index is 1060. The Kier molecular flexibility index (Phi) is 5.69. The van der Waals surface area contributed by atoms with Crippen molar-refractivity contribution in [2.45, 2.75) is 0 Å². The Morgan fingerprint density at radius 3 is 2.34 bits per heavy atom. The highest BCUT2D eigenvalue weighted by Crippen LogP contribution is 2.36. The molecule has 10 heteroatoms. The predicted octanol–water partition coefficient (Wildman–Crippen LogP) is 3.62. The van der Waals surface area contributed by atoms with Crippen LogP contribution < -0.4 is 14.2 Å². The molecule has 0 atom stereocenters. The van der Waals surface area contributed by atoms with Crippen molar-refractivity contribution in [3.8, 4) is 17.2 Å². The zero-order chi connectivity index (χ0) is 21.1. The second-order valence-corrected chi connectivity index (χ2v) is 6.12. The molecule has 0 aromatic heterocycles. The van der Waals surface area contributed by atoms with Gasteiger partial charge in [-0.05, 0) is 24.3 Å². The molecule has 0 amide bonds. The highest BCUT2D eigenvalue weighted by molar-refractivity contribution is 6.32. The van der Waals surface area contributed by atoms with E-state index in [-0.39, 0.29) is 27.9 Å². The molecule has 150 valence electrons. The standard InChI is InChI=1S/C19H15ClN2O7/c1-26-15-9-17(28-3)16(27-2)8-11(15)6-13-19(23)29-18(21-13)10-4-5-12(20)14(7-10)22(24)25/h4-9H,1-3H3/b13-6-. The second-order valence-electron chi connectivity index (χ2n) is 5.71. The Morgan fingerprint density at radius 1 is 1.07 bits per heavy atom. The lowest BCUT2D eigenvalue weighted by Crippen LogP contribution is -2.06. The number of carbonyl (C=O) groups excluding carboxylic acids is 1. The molecule has 9 nitrogen and oxygen atoms in total. The highest BCUT2D eigenvalue weighted by atomic mass is 35.5. The number of carbonyl (C=O) groups is 1. The van der Waals surface area contributed by atoms with E-state index < -0.39 is 10.9 Å². The average Bonchev–Trinajstić information content (AvgIpc) is 3.08. The molecule has 29 heavy (non-hydrogen) atoms. The van der Waals surface area contributed by atoms with Gasteiger partial charge in [-0.3, -0.25) is 10.1 Å². The minimum absolute atomic E-state index is 0.0110. The topological polar surface area (TPSA) is 109 Å². The largest absolute Gasteiger partial charge is 0.496 e. The van der Waals surface area contributed by atoms with E-state index in [4.69, 9.17) is 30.5 Å². The molecular weight excluding hydrogens is 404 g/mol. The molecule has 1 aliphatic rings. The maximum absolute atomic E-state index is 12.3. The van der Waals surface area contributed by atoms with Crippen molar-refractivity contribution >= 4 is 35.2 Å². The summed E-state index contributed by atoms with van der Waals surface area (Å²) in [4.78, 5) is 26.9. The lowest BCUT2D eigenvalue weighted by Gasteiger charge is -2.12. The van der Waals surface area contributed by atoms with Crippen LogP contribution in [0.15, 0.2) is 41.0 Å². The Morgan fingerprint density at radius 2 is 1.72 bits per heavy atom. The van der Waals surface area contributed by atoms with Gasteiger partial charge < -0.3 is 18.9 Å². The van der Waals surface area contributed by atoms with E-state index in [0.717, 1.165) is 0 Å². The number of aliphatic imine (C=N–C) groups is 1. The van der Waals surface area contributed by atoms with Crippen LogP contribution in [-0.4, -0.2) is 38.1 Å². The lowest BCUT2D eigenvalue weighted by atomic mass is 10.1. The highest BCUT2D eigenvalue weighted by Gasteiger charge is 2.27. The van der Waals surface area contributed by atoms with E-state index >= 15 is 0 Å². The van der Waals surface area contributed by atoms with Crippen molar-refractivity contribution in [3.63, 3.8) is 0 Å². The van der Waals surface area contributed by atoms with Crippen LogP contribution in [0.25, 0.3) is 6.08 Å². The van der Waals surface area contributed by atoms with Crippen molar-refractivity contribution in [3.05, 3.63) is 62.3 Å². The number of nitro groups is 1. The summed E-state index contributed by atoms with van der Waals surface area (Å²) in [6.07, 6.45) is 1.46. The summed E-state index contributed by atoms with van der Waals surface area (Å²) in [5.41, 5.74) is 0.423. The van der Waals surface area contributed by atoms with Gasteiger partial charge in [-0.2, -0.15) is 0 Å². The second kappa shape index (κ2) is 8.19. The first-order chi connectivity index (χ1) is 13.9. The zero-order valence-electron chi connectivity index (χ0n) is 15.6. The first-order valence-corrected chi connectivity index (χ1v) is 8.52. The van der Waals surface area contributed by atoms with Crippen LogP contribution in [0.2, 0.25) is 5.02 Å². The molecule has 0 saturated carbocycles. The van der Waals surface area contributed by atoms with Crippen molar-refractivity contribution < 1.29 is 28.7 Å². The Labute approximate surface area is 170 Å². The van der Waals surface area contributed by atoms with Crippen LogP contribution in [0.1, 0.15) is 11.1 Å². The van der Waals surface area contributed by atoms with E-state index in [1.54, 1.807) is 12.1 Å². The number of cyclic esters (lactones) is 1. The Balaban J connectivity index is 2.03. The Hall–Kier alpha value is -3.59. The molecule has 3 rings (SSSR count). The fraction of sp³-hybridized carbons (Fsp3) is 0.158. The van der Waals surface area contributed by atoms with E-state index in [1.807, 2.05) is 0 Å². The number of ether oxygens (including phenoxy) is 4. The number of nitro benzene ring substituents is 1. The fourth-order valence-electron chi connectivity index (χ4n) is 2.63. The van der Waals surface area contributed by atoms with Gasteiger partial charge in [0.2, 0.25) is 5.90 Å². The molecule has 0 unspecified atom stereocenters. The molecule has 1 heterocycles. The number of esters is 1. The van der Waals surface area contributed by atoms with E-state index in [2.05, 4.69) is 4.99 Å². The van der Waals surface area contributed by atoms with Gasteiger partial charge in [0.25, 0.3) is 5.69 Å². The molecular formula is C19H15ClN2O7. The molecule has 2 aromatic carbocycles. The maximum Gasteiger partial charge on any atom is 0.363 e. The molecule has 0 spiro atoms. The number of nitrogens with zero attached hydrogens (tertiary/aromatic N) is 2. The first-order valence-electron chi connectivity index (χ1n) is 8.14. The number of halogens is 1. The third kappa shape index (κ3) is 3.99. The minimum Gasteiger partial charge on any atom is -0.496 e. The van der Waals surface area contributed by atoms with Crippen LogP contribution in [-0.2, 0) is 9.53 Å². The quantitative estimate of drug-likeness (QED) is 0.305. The summed E-state index contributed by atoms with van der Waals surface area (Å²) < 4.78 is 21.0. The third-order valence-electron chi connectivity index (χ3n) is 4.04. The van der Waals surface area contributed by atoms with Crippen LogP contribution in [0, 0.1) is 10.1 Å². The van der Waals surface area contributed by atoms with Crippen molar-refractivity contribution in [2.24, 2.45) is 4.99 Å². The van der Waals surface area contributed by atoms with Crippen molar-refractivity contribution in [2.75, 3.05) is 21.3 Å². The molecule has 0 saturated heterocycles. The lowest BCUT2D eigenvalue weighted by molar-refractivity contribution is -0.384. The molecule has 0 fully saturated rings. The van der Waals surface area contributed by atoms with E-state index in [9.17, 15) is 14.9 Å². The summed E-state index contributed by atoms with van der Waals surface area (Å²) in [5, 5.41) is 11.0. The summed E-state index contributed by atoms with van der Waals surface area (Å²) in [5.74, 6) is 0.533. The van der Waals surface area contributed by atoms with Gasteiger partial charge >= 0.3 is 5.97 Å². The molecule has 2 aromatic rings. The van der Waals surface area contributed by atoms with Crippen LogP contribution >= 0.6 is 11.6 Å². The molecule has 0 aliphatic carbocycles. The summed E-state index contributed by atoms with van der Waals surface area (Å²) in [6.45, 7) is 0. The van der Waals surface area contributed by atoms with E-state index in [0.29, 0.717) is 22.8 Å². The van der Waals surface area contributed by atoms with Gasteiger partial charge in [0.15, 0.2) is 17.2 Å². The van der Waals surface area contributed by atoms with Gasteiger partial charge in [0.1, 0.15) is 10.8 Å². The normalized spacial score (nSPS) is 14.4. The average molecular weight is 419 g/mol. The van der Waals surface area contributed by atoms with Gasteiger partial charge in [-0.15, -0.1) is 0 Å². The van der Waals surface area contributed by atoms with Crippen LogP contribution in [0.5, 0.6) is 17.2 Å². The predicted molar refractivity (Wildman–Crippen MR) is 105 cm³/mol. The monoisotopic (exact) mass is 418 g/mol. The van der Waals surface area contributed by atoms with Gasteiger partial charge in [0, 0.05) is 23.3 Å².